The maximum atomic E-state index is 12.6. The lowest BCUT2D eigenvalue weighted by Crippen LogP contribution is -2.49. The van der Waals surface area contributed by atoms with Gasteiger partial charge in [0.2, 0.25) is 5.91 Å². The summed E-state index contributed by atoms with van der Waals surface area (Å²) in [7, 11) is 0. The Labute approximate surface area is 163 Å². The van der Waals surface area contributed by atoms with Gasteiger partial charge >= 0.3 is 0 Å². The number of piperidine rings is 2. The molecule has 0 N–H and O–H groups in total. The Hall–Kier alpha value is -1.46. The lowest BCUT2D eigenvalue weighted by molar-refractivity contribution is -0.136. The molecule has 5 heteroatoms. The highest BCUT2D eigenvalue weighted by Crippen LogP contribution is 2.26. The fraction of sp³-hybridized carbons (Fsp3) is 0.727. The van der Waals surface area contributed by atoms with Crippen LogP contribution in [0.1, 0.15) is 49.9 Å². The van der Waals surface area contributed by atoms with E-state index in [2.05, 4.69) is 44.8 Å². The van der Waals surface area contributed by atoms with Crippen molar-refractivity contribution < 1.29 is 4.79 Å². The molecule has 1 aromatic rings. The van der Waals surface area contributed by atoms with E-state index in [9.17, 15) is 4.79 Å². The summed E-state index contributed by atoms with van der Waals surface area (Å²) in [5, 5.41) is 0. The van der Waals surface area contributed by atoms with Gasteiger partial charge in [-0.2, -0.15) is 0 Å². The molecule has 5 nitrogen and oxygen atoms in total. The fourth-order valence-corrected chi connectivity index (χ4v) is 5.07. The molecule has 3 aliphatic rings. The van der Waals surface area contributed by atoms with Gasteiger partial charge in [0.15, 0.2) is 0 Å². The summed E-state index contributed by atoms with van der Waals surface area (Å²) in [5.41, 5.74) is 2.29. The molecule has 3 aliphatic heterocycles. The Morgan fingerprint density at radius 2 is 1.70 bits per heavy atom. The van der Waals surface area contributed by atoms with Crippen LogP contribution < -0.4 is 0 Å². The van der Waals surface area contributed by atoms with Gasteiger partial charge < -0.3 is 9.80 Å². The number of carbonyl (C=O) groups is 1. The Balaban J connectivity index is 1.21. The summed E-state index contributed by atoms with van der Waals surface area (Å²) in [6.45, 7) is 9.55. The summed E-state index contributed by atoms with van der Waals surface area (Å²) in [5.74, 6) is 0.722. The maximum absolute atomic E-state index is 12.6. The Bertz CT molecular complexity index is 627. The molecule has 0 aromatic carbocycles. The third-order valence-electron chi connectivity index (χ3n) is 6.70. The van der Waals surface area contributed by atoms with Gasteiger partial charge in [0.25, 0.3) is 0 Å². The molecule has 3 fully saturated rings. The van der Waals surface area contributed by atoms with Crippen LogP contribution in [0.2, 0.25) is 0 Å². The molecule has 148 valence electrons. The minimum Gasteiger partial charge on any atom is -0.342 e. The molecule has 0 atom stereocenters. The molecule has 4 heterocycles. The molecule has 0 saturated carbocycles. The molecule has 1 amide bonds. The predicted molar refractivity (Wildman–Crippen MR) is 107 cm³/mol. The van der Waals surface area contributed by atoms with Crippen molar-refractivity contribution in [2.45, 2.75) is 58.0 Å². The van der Waals surface area contributed by atoms with Gasteiger partial charge in [-0.1, -0.05) is 6.07 Å². The zero-order valence-corrected chi connectivity index (χ0v) is 16.8. The van der Waals surface area contributed by atoms with Crippen LogP contribution in [0.4, 0.5) is 0 Å². The second-order valence-electron chi connectivity index (χ2n) is 8.62. The van der Waals surface area contributed by atoms with Crippen LogP contribution in [-0.4, -0.2) is 70.9 Å². The number of aromatic nitrogens is 1. The summed E-state index contributed by atoms with van der Waals surface area (Å²) < 4.78 is 0. The van der Waals surface area contributed by atoms with Gasteiger partial charge in [-0.15, -0.1) is 0 Å². The first kappa shape index (κ1) is 18.9. The van der Waals surface area contributed by atoms with Crippen LogP contribution in [-0.2, 0) is 11.3 Å². The lowest BCUT2D eigenvalue weighted by Gasteiger charge is -2.42. The topological polar surface area (TPSA) is 39.7 Å². The van der Waals surface area contributed by atoms with Crippen molar-refractivity contribution in [1.82, 2.24) is 19.7 Å². The van der Waals surface area contributed by atoms with Crippen LogP contribution in [0, 0.1) is 12.8 Å². The third-order valence-corrected chi connectivity index (χ3v) is 6.70. The van der Waals surface area contributed by atoms with Gasteiger partial charge in [-0.25, -0.2) is 0 Å². The first-order valence-electron chi connectivity index (χ1n) is 10.9. The van der Waals surface area contributed by atoms with Gasteiger partial charge in [0.05, 0.1) is 5.69 Å². The zero-order valence-electron chi connectivity index (χ0n) is 16.8. The highest BCUT2D eigenvalue weighted by molar-refractivity contribution is 5.79. The van der Waals surface area contributed by atoms with E-state index in [1.165, 1.54) is 31.4 Å². The molecule has 0 bridgehead atoms. The number of likely N-dealkylation sites (tertiary alicyclic amines) is 3. The summed E-state index contributed by atoms with van der Waals surface area (Å²) in [4.78, 5) is 24.6. The van der Waals surface area contributed by atoms with Gasteiger partial charge in [0, 0.05) is 50.4 Å². The van der Waals surface area contributed by atoms with E-state index in [0.717, 1.165) is 64.3 Å². The first-order valence-corrected chi connectivity index (χ1v) is 10.9. The minimum atomic E-state index is 0.284. The normalized spacial score (nSPS) is 23.8. The summed E-state index contributed by atoms with van der Waals surface area (Å²) >= 11 is 0. The summed E-state index contributed by atoms with van der Waals surface area (Å²) in [6.07, 6.45) is 7.00. The number of hydrogen-bond donors (Lipinski definition) is 0. The van der Waals surface area contributed by atoms with Crippen molar-refractivity contribution in [3.63, 3.8) is 0 Å². The number of amides is 1. The van der Waals surface area contributed by atoms with Gasteiger partial charge in [0.1, 0.15) is 0 Å². The number of aryl methyl sites for hydroxylation is 1. The van der Waals surface area contributed by atoms with Crippen molar-refractivity contribution in [3.05, 3.63) is 29.6 Å². The van der Waals surface area contributed by atoms with Crippen LogP contribution in [0.3, 0.4) is 0 Å². The SMILES string of the molecule is Cc1cccc(CN2CCC(N3CCC(C(=O)N4CCCC4)CC3)CC2)n1. The molecule has 1 aromatic heterocycles. The number of rotatable bonds is 4. The molecular formula is C22H34N4O. The number of hydrogen-bond acceptors (Lipinski definition) is 4. The monoisotopic (exact) mass is 370 g/mol. The fourth-order valence-electron chi connectivity index (χ4n) is 5.07. The molecule has 3 saturated heterocycles. The standard InChI is InChI=1S/C22H34N4O/c1-18-5-4-6-20(23-18)17-24-13-9-21(10-14-24)25-15-7-19(8-16-25)22(27)26-11-2-3-12-26/h4-6,19,21H,2-3,7-17H2,1H3. The van der Waals surface area contributed by atoms with Gasteiger partial charge in [-0.3, -0.25) is 14.7 Å². The van der Waals surface area contributed by atoms with Crippen LogP contribution in [0.15, 0.2) is 18.2 Å². The maximum Gasteiger partial charge on any atom is 0.225 e. The third kappa shape index (κ3) is 4.69. The van der Waals surface area contributed by atoms with E-state index in [0.29, 0.717) is 11.9 Å². The van der Waals surface area contributed by atoms with E-state index in [-0.39, 0.29) is 5.92 Å². The van der Waals surface area contributed by atoms with E-state index >= 15 is 0 Å². The largest absolute Gasteiger partial charge is 0.342 e. The van der Waals surface area contributed by atoms with Gasteiger partial charge in [-0.05, 0) is 70.7 Å². The number of carbonyl (C=O) groups excluding carboxylic acids is 1. The highest BCUT2D eigenvalue weighted by Gasteiger charge is 2.33. The van der Waals surface area contributed by atoms with Crippen molar-refractivity contribution in [2.75, 3.05) is 39.3 Å². The van der Waals surface area contributed by atoms with Crippen molar-refractivity contribution >= 4 is 5.91 Å². The van der Waals surface area contributed by atoms with E-state index in [4.69, 9.17) is 0 Å². The van der Waals surface area contributed by atoms with E-state index < -0.39 is 0 Å². The van der Waals surface area contributed by atoms with E-state index in [1.807, 2.05) is 0 Å². The van der Waals surface area contributed by atoms with Crippen molar-refractivity contribution in [3.8, 4) is 0 Å². The molecule has 0 aliphatic carbocycles. The molecule has 0 spiro atoms. The van der Waals surface area contributed by atoms with Crippen molar-refractivity contribution in [2.24, 2.45) is 5.92 Å². The second kappa shape index (κ2) is 8.70. The van der Waals surface area contributed by atoms with Crippen LogP contribution in [0.5, 0.6) is 0 Å². The highest BCUT2D eigenvalue weighted by atomic mass is 16.2. The number of nitrogens with zero attached hydrogens (tertiary/aromatic N) is 4. The molecule has 0 unspecified atom stereocenters. The van der Waals surface area contributed by atoms with E-state index in [1.54, 1.807) is 0 Å². The molecule has 4 rings (SSSR count). The Morgan fingerprint density at radius 1 is 1.00 bits per heavy atom. The Kier molecular flexibility index (Phi) is 6.08. The van der Waals surface area contributed by atoms with Crippen molar-refractivity contribution in [1.29, 1.82) is 0 Å². The average molecular weight is 371 g/mol. The smallest absolute Gasteiger partial charge is 0.225 e. The Morgan fingerprint density at radius 3 is 2.37 bits per heavy atom. The van der Waals surface area contributed by atoms with Crippen LogP contribution in [0.25, 0.3) is 0 Å². The zero-order chi connectivity index (χ0) is 18.6. The molecule has 27 heavy (non-hydrogen) atoms. The molecule has 0 radical (unpaired) electrons. The average Bonchev–Trinajstić information content (AvgIpc) is 3.23. The van der Waals surface area contributed by atoms with Crippen LogP contribution >= 0.6 is 0 Å². The molecular weight excluding hydrogens is 336 g/mol. The first-order chi connectivity index (χ1) is 13.2. The summed E-state index contributed by atoms with van der Waals surface area (Å²) in [6, 6.07) is 7.02. The lowest BCUT2D eigenvalue weighted by atomic mass is 9.92. The second-order valence-corrected chi connectivity index (χ2v) is 8.62. The minimum absolute atomic E-state index is 0.284. The predicted octanol–water partition coefficient (Wildman–Crippen LogP) is 2.69. The quantitative estimate of drug-likeness (QED) is 0.817. The number of pyridine rings is 1.